The molecule has 0 heterocycles. The highest BCUT2D eigenvalue weighted by Gasteiger charge is 2.20. The van der Waals surface area contributed by atoms with Crippen molar-refractivity contribution in [1.29, 1.82) is 0 Å². The van der Waals surface area contributed by atoms with Crippen molar-refractivity contribution in [3.8, 4) is 0 Å². The Morgan fingerprint density at radius 2 is 1.86 bits per heavy atom. The molecule has 0 saturated heterocycles. The molecule has 1 aromatic carbocycles. The fourth-order valence-electron chi connectivity index (χ4n) is 3.12. The highest BCUT2D eigenvalue weighted by atomic mass is 16.5. The van der Waals surface area contributed by atoms with Gasteiger partial charge in [0.1, 0.15) is 0 Å². The molecule has 1 heteroatoms. The van der Waals surface area contributed by atoms with Crippen LogP contribution in [0.1, 0.15) is 56.1 Å². The van der Waals surface area contributed by atoms with Crippen molar-refractivity contribution >= 4 is 0 Å². The Hall–Kier alpha value is -1.34. The van der Waals surface area contributed by atoms with Gasteiger partial charge in [0.2, 0.25) is 0 Å². The Morgan fingerprint density at radius 3 is 2.48 bits per heavy atom. The topological polar surface area (TPSA) is 9.23 Å². The fourth-order valence-corrected chi connectivity index (χ4v) is 3.12. The van der Waals surface area contributed by atoms with E-state index in [9.17, 15) is 0 Å². The maximum Gasteiger partial charge on any atom is 0.0721 e. The smallest absolute Gasteiger partial charge is 0.0721 e. The molecular weight excluding hydrogens is 256 g/mol. The second-order valence-corrected chi connectivity index (χ2v) is 5.99. The van der Waals surface area contributed by atoms with E-state index in [4.69, 9.17) is 4.74 Å². The molecule has 0 N–H and O–H groups in total. The highest BCUT2D eigenvalue weighted by molar-refractivity contribution is 5.25. The van der Waals surface area contributed by atoms with Gasteiger partial charge in [-0.05, 0) is 55.1 Å². The van der Waals surface area contributed by atoms with Crippen LogP contribution < -0.4 is 0 Å². The summed E-state index contributed by atoms with van der Waals surface area (Å²) >= 11 is 0. The Labute approximate surface area is 129 Å². The first-order chi connectivity index (χ1) is 10.3. The number of benzene rings is 1. The zero-order valence-corrected chi connectivity index (χ0v) is 13.3. The lowest BCUT2D eigenvalue weighted by Gasteiger charge is -2.27. The van der Waals surface area contributed by atoms with Gasteiger partial charge in [0.25, 0.3) is 0 Å². The third kappa shape index (κ3) is 5.17. The molecule has 0 aromatic heterocycles. The number of ether oxygens (including phenoxy) is 1. The van der Waals surface area contributed by atoms with Gasteiger partial charge in [0.15, 0.2) is 0 Å². The van der Waals surface area contributed by atoms with Gasteiger partial charge >= 0.3 is 0 Å². The van der Waals surface area contributed by atoms with Crippen molar-refractivity contribution in [2.45, 2.75) is 51.6 Å². The van der Waals surface area contributed by atoms with Crippen LogP contribution in [0.3, 0.4) is 0 Å². The first-order valence-corrected chi connectivity index (χ1v) is 8.27. The van der Waals surface area contributed by atoms with Crippen LogP contribution >= 0.6 is 0 Å². The summed E-state index contributed by atoms with van der Waals surface area (Å²) in [6, 6.07) is 9.00. The van der Waals surface area contributed by atoms with Crippen LogP contribution in [0.2, 0.25) is 0 Å². The molecule has 114 valence electrons. The Kier molecular flexibility index (Phi) is 6.75. The van der Waals surface area contributed by atoms with Crippen LogP contribution in [0.5, 0.6) is 0 Å². The van der Waals surface area contributed by atoms with E-state index in [-0.39, 0.29) is 0 Å². The van der Waals surface area contributed by atoms with Gasteiger partial charge < -0.3 is 4.74 Å². The zero-order valence-electron chi connectivity index (χ0n) is 13.3. The van der Waals surface area contributed by atoms with E-state index in [0.29, 0.717) is 13.2 Å². The third-order valence-electron chi connectivity index (χ3n) is 4.37. The van der Waals surface area contributed by atoms with E-state index in [1.807, 2.05) is 0 Å². The van der Waals surface area contributed by atoms with E-state index in [0.717, 1.165) is 18.3 Å². The molecule has 1 aliphatic rings. The Bertz CT molecular complexity index is 435. The van der Waals surface area contributed by atoms with Gasteiger partial charge in [-0.2, -0.15) is 0 Å². The molecule has 1 saturated carbocycles. The minimum atomic E-state index is 0.622. The largest absolute Gasteiger partial charge is 0.373 e. The average Bonchev–Trinajstić information content (AvgIpc) is 2.54. The number of rotatable bonds is 7. The first-order valence-electron chi connectivity index (χ1n) is 8.27. The van der Waals surface area contributed by atoms with E-state index in [1.165, 1.54) is 36.8 Å². The van der Waals surface area contributed by atoms with Gasteiger partial charge in [-0.3, -0.25) is 0 Å². The number of allylic oxidation sites excluding steroid dienone is 2. The lowest BCUT2D eigenvalue weighted by molar-refractivity contribution is 0.149. The van der Waals surface area contributed by atoms with Gasteiger partial charge in [0.05, 0.1) is 13.2 Å². The van der Waals surface area contributed by atoms with Gasteiger partial charge in [-0.1, -0.05) is 49.4 Å². The maximum absolute atomic E-state index is 5.48. The van der Waals surface area contributed by atoms with Crippen LogP contribution in [0.15, 0.2) is 49.1 Å². The quantitative estimate of drug-likeness (QED) is 0.466. The minimum Gasteiger partial charge on any atom is -0.373 e. The molecule has 0 atom stereocenters. The summed E-state index contributed by atoms with van der Waals surface area (Å²) in [6.45, 7) is 7.18. The number of hydrogen-bond acceptors (Lipinski definition) is 1. The molecule has 0 radical (unpaired) electrons. The molecule has 0 bridgehead atoms. The fraction of sp³-hybridized carbons (Fsp3) is 0.500. The summed E-state index contributed by atoms with van der Waals surface area (Å²) in [4.78, 5) is 0. The van der Waals surface area contributed by atoms with E-state index < -0.39 is 0 Å². The molecular formula is C20H28O. The number of hydrogen-bond donors (Lipinski definition) is 0. The predicted molar refractivity (Wildman–Crippen MR) is 90.4 cm³/mol. The van der Waals surface area contributed by atoms with E-state index in [2.05, 4.69) is 49.9 Å². The van der Waals surface area contributed by atoms with Gasteiger partial charge in [-0.15, -0.1) is 6.58 Å². The molecule has 1 nitrogen and oxygen atoms in total. The van der Waals surface area contributed by atoms with Crippen molar-refractivity contribution in [3.63, 3.8) is 0 Å². The average molecular weight is 284 g/mol. The predicted octanol–water partition coefficient (Wildman–Crippen LogP) is 5.63. The second kappa shape index (κ2) is 8.84. The zero-order chi connectivity index (χ0) is 14.9. The molecule has 21 heavy (non-hydrogen) atoms. The molecule has 2 rings (SSSR count). The molecule has 0 amide bonds. The van der Waals surface area contributed by atoms with Crippen molar-refractivity contribution in [2.24, 2.45) is 5.92 Å². The van der Waals surface area contributed by atoms with E-state index in [1.54, 1.807) is 6.08 Å². The van der Waals surface area contributed by atoms with Crippen LogP contribution in [0.4, 0.5) is 0 Å². The van der Waals surface area contributed by atoms with Crippen LogP contribution in [0, 0.1) is 5.92 Å². The van der Waals surface area contributed by atoms with Crippen molar-refractivity contribution in [1.82, 2.24) is 0 Å². The van der Waals surface area contributed by atoms with Crippen LogP contribution in [-0.2, 0) is 11.3 Å². The summed E-state index contributed by atoms with van der Waals surface area (Å²) in [5, 5.41) is 0. The molecule has 0 aliphatic heterocycles. The lowest BCUT2D eigenvalue weighted by atomic mass is 9.78. The molecule has 1 fully saturated rings. The molecule has 0 unspecified atom stereocenters. The molecule has 1 aromatic rings. The summed E-state index contributed by atoms with van der Waals surface area (Å²) < 4.78 is 5.48. The van der Waals surface area contributed by atoms with Gasteiger partial charge in [-0.25, -0.2) is 0 Å². The van der Waals surface area contributed by atoms with Crippen molar-refractivity contribution in [3.05, 3.63) is 60.2 Å². The maximum atomic E-state index is 5.48. The summed E-state index contributed by atoms with van der Waals surface area (Å²) in [5.41, 5.74) is 2.75. The van der Waals surface area contributed by atoms with E-state index >= 15 is 0 Å². The van der Waals surface area contributed by atoms with Gasteiger partial charge in [0, 0.05) is 0 Å². The second-order valence-electron chi connectivity index (χ2n) is 5.99. The van der Waals surface area contributed by atoms with Crippen molar-refractivity contribution in [2.75, 3.05) is 6.61 Å². The SMILES string of the molecule is C=CCOCc1ccc(C2CCC(C=CCC)CC2)cc1. The third-order valence-corrected chi connectivity index (χ3v) is 4.37. The Morgan fingerprint density at radius 1 is 1.14 bits per heavy atom. The van der Waals surface area contributed by atoms with Crippen LogP contribution in [-0.4, -0.2) is 6.61 Å². The monoisotopic (exact) mass is 284 g/mol. The summed E-state index contributed by atoms with van der Waals surface area (Å²) in [5.74, 6) is 1.56. The lowest BCUT2D eigenvalue weighted by Crippen LogP contribution is -2.11. The normalized spacial score (nSPS) is 22.5. The minimum absolute atomic E-state index is 0.622. The summed E-state index contributed by atoms with van der Waals surface area (Å²) in [6.07, 6.45) is 13.0. The first kappa shape index (κ1) is 16.0. The standard InChI is InChI=1S/C20H28O/c1-3-5-6-17-7-11-19(12-8-17)20-13-9-18(10-14-20)16-21-15-4-2/h4-6,9-10,13-14,17,19H,2-3,7-8,11-12,15-16H2,1H3. The van der Waals surface area contributed by atoms with Crippen LogP contribution in [0.25, 0.3) is 0 Å². The Balaban J connectivity index is 1.83. The molecule has 0 spiro atoms. The van der Waals surface area contributed by atoms with Crippen molar-refractivity contribution < 1.29 is 4.74 Å². The summed E-state index contributed by atoms with van der Waals surface area (Å²) in [7, 11) is 0. The molecule has 1 aliphatic carbocycles. The highest BCUT2D eigenvalue weighted by Crippen LogP contribution is 2.36.